The molecule has 9 heteroatoms. The molecule has 0 spiro atoms. The van der Waals surface area contributed by atoms with Crippen LogP contribution in [0.5, 0.6) is 0 Å². The Hall–Kier alpha value is -2.81. The monoisotopic (exact) mass is 354 g/mol. The van der Waals surface area contributed by atoms with Gasteiger partial charge in [-0.05, 0) is 23.6 Å². The number of rotatable bonds is 6. The molecule has 0 atom stereocenters. The molecule has 24 heavy (non-hydrogen) atoms. The first kappa shape index (κ1) is 17.5. The maximum absolute atomic E-state index is 13.3. The van der Waals surface area contributed by atoms with Gasteiger partial charge >= 0.3 is 5.97 Å². The van der Waals surface area contributed by atoms with E-state index in [1.54, 1.807) is 17.5 Å². The smallest absolute Gasteiger partial charge is 0.325 e. The molecule has 6 nitrogen and oxygen atoms in total. The third-order valence-electron chi connectivity index (χ3n) is 2.71. The highest BCUT2D eigenvalue weighted by Crippen LogP contribution is 2.14. The van der Waals surface area contributed by atoms with Crippen LogP contribution in [0.4, 0.5) is 14.5 Å². The van der Waals surface area contributed by atoms with Crippen LogP contribution in [0.2, 0.25) is 0 Å². The Morgan fingerprint density at radius 2 is 1.96 bits per heavy atom. The number of esters is 1. The first-order chi connectivity index (χ1) is 11.5. The average molecular weight is 354 g/mol. The zero-order valence-corrected chi connectivity index (χ0v) is 13.0. The molecule has 0 saturated carbocycles. The van der Waals surface area contributed by atoms with Gasteiger partial charge in [-0.25, -0.2) is 8.78 Å². The molecule has 0 saturated heterocycles. The minimum atomic E-state index is -0.946. The fraction of sp³-hybridized carbons (Fsp3) is 0.133. The lowest BCUT2D eigenvalue weighted by atomic mass is 10.3. The van der Waals surface area contributed by atoms with Crippen LogP contribution < -0.4 is 10.6 Å². The summed E-state index contributed by atoms with van der Waals surface area (Å²) in [5, 5.41) is 6.19. The zero-order chi connectivity index (χ0) is 17.5. The maximum atomic E-state index is 13.3. The minimum Gasteiger partial charge on any atom is -0.454 e. The number of carbonyl (C=O) groups is 3. The van der Waals surface area contributed by atoms with E-state index in [1.807, 2.05) is 0 Å². The van der Waals surface area contributed by atoms with E-state index in [1.165, 1.54) is 11.3 Å². The summed E-state index contributed by atoms with van der Waals surface area (Å²) >= 11 is 1.21. The molecule has 2 amide bonds. The summed E-state index contributed by atoms with van der Waals surface area (Å²) in [6.07, 6.45) is 0. The molecular weight excluding hydrogens is 342 g/mol. The van der Waals surface area contributed by atoms with Gasteiger partial charge in [-0.1, -0.05) is 6.07 Å². The molecule has 1 aromatic carbocycles. The molecule has 126 valence electrons. The molecule has 2 aromatic rings. The lowest BCUT2D eigenvalue weighted by molar-refractivity contribution is -0.146. The second kappa shape index (κ2) is 8.16. The molecule has 0 bridgehead atoms. The number of ether oxygens (including phenoxy) is 1. The first-order valence-corrected chi connectivity index (χ1v) is 7.56. The van der Waals surface area contributed by atoms with E-state index in [2.05, 4.69) is 15.4 Å². The van der Waals surface area contributed by atoms with Crippen LogP contribution in [0.15, 0.2) is 35.7 Å². The van der Waals surface area contributed by atoms with Crippen LogP contribution in [0.3, 0.4) is 0 Å². The minimum absolute atomic E-state index is 0.233. The summed E-state index contributed by atoms with van der Waals surface area (Å²) in [6.45, 7) is -1.07. The van der Waals surface area contributed by atoms with Gasteiger partial charge in [0.15, 0.2) is 6.61 Å². The van der Waals surface area contributed by atoms with Crippen molar-refractivity contribution in [3.63, 3.8) is 0 Å². The van der Waals surface area contributed by atoms with Crippen molar-refractivity contribution in [1.82, 2.24) is 5.32 Å². The quantitative estimate of drug-likeness (QED) is 0.777. The van der Waals surface area contributed by atoms with E-state index in [0.29, 0.717) is 10.9 Å². The van der Waals surface area contributed by atoms with Crippen molar-refractivity contribution in [2.45, 2.75) is 0 Å². The highest BCUT2D eigenvalue weighted by atomic mass is 32.1. The SMILES string of the molecule is O=C(COC(=O)CNC(=O)c1cccs1)Nc1ccc(F)cc1F. The number of halogens is 2. The molecular formula is C15H12F2N2O4S. The van der Waals surface area contributed by atoms with E-state index in [0.717, 1.165) is 12.1 Å². The van der Waals surface area contributed by atoms with Crippen LogP contribution in [-0.2, 0) is 14.3 Å². The highest BCUT2D eigenvalue weighted by molar-refractivity contribution is 7.12. The first-order valence-electron chi connectivity index (χ1n) is 6.68. The van der Waals surface area contributed by atoms with E-state index < -0.39 is 42.6 Å². The van der Waals surface area contributed by atoms with Gasteiger partial charge in [-0.3, -0.25) is 14.4 Å². The molecule has 0 aliphatic heterocycles. The number of thiophene rings is 1. The number of hydrogen-bond acceptors (Lipinski definition) is 5. The fourth-order valence-corrected chi connectivity index (χ4v) is 2.26. The largest absolute Gasteiger partial charge is 0.454 e. The molecule has 0 aliphatic carbocycles. The van der Waals surface area contributed by atoms with Crippen molar-refractivity contribution in [3.05, 3.63) is 52.2 Å². The topological polar surface area (TPSA) is 84.5 Å². The summed E-state index contributed by atoms with van der Waals surface area (Å²) < 4.78 is 30.7. The Labute approximate surface area is 139 Å². The van der Waals surface area contributed by atoms with E-state index in [9.17, 15) is 23.2 Å². The molecule has 1 aromatic heterocycles. The Bertz CT molecular complexity index is 750. The number of benzene rings is 1. The van der Waals surface area contributed by atoms with Gasteiger partial charge in [0.25, 0.3) is 11.8 Å². The molecule has 0 fully saturated rings. The zero-order valence-electron chi connectivity index (χ0n) is 12.2. The van der Waals surface area contributed by atoms with Crippen LogP contribution in [0, 0.1) is 11.6 Å². The average Bonchev–Trinajstić information content (AvgIpc) is 3.08. The lowest BCUT2D eigenvalue weighted by Gasteiger charge is -2.08. The summed E-state index contributed by atoms with van der Waals surface area (Å²) in [6, 6.07) is 5.92. The number of amides is 2. The van der Waals surface area contributed by atoms with Gasteiger partial charge in [0, 0.05) is 6.07 Å². The number of hydrogen-bond donors (Lipinski definition) is 2. The molecule has 2 rings (SSSR count). The van der Waals surface area contributed by atoms with E-state index >= 15 is 0 Å². The van der Waals surface area contributed by atoms with Crippen molar-refractivity contribution >= 4 is 34.8 Å². The van der Waals surface area contributed by atoms with Gasteiger partial charge in [-0.2, -0.15) is 0 Å². The lowest BCUT2D eigenvalue weighted by Crippen LogP contribution is -2.31. The standard InChI is InChI=1S/C15H12F2N2O4S/c16-9-3-4-11(10(17)6-9)19-13(20)8-23-14(21)7-18-15(22)12-2-1-5-24-12/h1-6H,7-8H2,(H,18,22)(H,19,20). The third kappa shape index (κ3) is 5.13. The van der Waals surface area contributed by atoms with Crippen LogP contribution >= 0.6 is 11.3 Å². The highest BCUT2D eigenvalue weighted by Gasteiger charge is 2.12. The summed E-state index contributed by atoms with van der Waals surface area (Å²) in [5.41, 5.74) is -0.233. The van der Waals surface area contributed by atoms with Crippen molar-refractivity contribution in [3.8, 4) is 0 Å². The predicted octanol–water partition coefficient (Wildman–Crippen LogP) is 1.94. The van der Waals surface area contributed by atoms with Crippen LogP contribution in [0.1, 0.15) is 9.67 Å². The predicted molar refractivity (Wildman–Crippen MR) is 82.6 cm³/mol. The molecule has 1 heterocycles. The molecule has 0 radical (unpaired) electrons. The Kier molecular flexibility index (Phi) is 5.96. The Morgan fingerprint density at radius 1 is 1.17 bits per heavy atom. The number of nitrogens with one attached hydrogen (secondary N) is 2. The van der Waals surface area contributed by atoms with Gasteiger partial charge in [-0.15, -0.1) is 11.3 Å². The summed E-state index contributed by atoms with van der Waals surface area (Å²) in [5.74, 6) is -3.77. The summed E-state index contributed by atoms with van der Waals surface area (Å²) in [7, 11) is 0. The fourth-order valence-electron chi connectivity index (χ4n) is 1.62. The van der Waals surface area contributed by atoms with Crippen molar-refractivity contribution in [1.29, 1.82) is 0 Å². The summed E-state index contributed by atoms with van der Waals surface area (Å²) in [4.78, 5) is 35.0. The molecule has 0 aliphatic rings. The van der Waals surface area contributed by atoms with Gasteiger partial charge in [0.1, 0.15) is 18.2 Å². The van der Waals surface area contributed by atoms with Gasteiger partial charge < -0.3 is 15.4 Å². The van der Waals surface area contributed by atoms with Gasteiger partial charge in [0.05, 0.1) is 10.6 Å². The normalized spacial score (nSPS) is 10.1. The van der Waals surface area contributed by atoms with E-state index in [-0.39, 0.29) is 5.69 Å². The number of carbonyl (C=O) groups excluding carboxylic acids is 3. The Balaban J connectivity index is 1.73. The second-order valence-electron chi connectivity index (χ2n) is 4.49. The third-order valence-corrected chi connectivity index (χ3v) is 3.58. The Morgan fingerprint density at radius 3 is 2.62 bits per heavy atom. The van der Waals surface area contributed by atoms with Crippen molar-refractivity contribution in [2.75, 3.05) is 18.5 Å². The number of anilines is 1. The van der Waals surface area contributed by atoms with Gasteiger partial charge in [0.2, 0.25) is 0 Å². The molecule has 2 N–H and O–H groups in total. The van der Waals surface area contributed by atoms with E-state index in [4.69, 9.17) is 0 Å². The van der Waals surface area contributed by atoms with Crippen LogP contribution in [0.25, 0.3) is 0 Å². The maximum Gasteiger partial charge on any atom is 0.325 e. The molecule has 0 unspecified atom stereocenters. The van der Waals surface area contributed by atoms with Crippen molar-refractivity contribution in [2.24, 2.45) is 0 Å². The van der Waals surface area contributed by atoms with Crippen molar-refractivity contribution < 1.29 is 27.9 Å². The second-order valence-corrected chi connectivity index (χ2v) is 5.44. The van der Waals surface area contributed by atoms with Crippen LogP contribution in [-0.4, -0.2) is 30.9 Å².